The summed E-state index contributed by atoms with van der Waals surface area (Å²) in [5.41, 5.74) is 1.67. The van der Waals surface area contributed by atoms with Crippen molar-refractivity contribution in [1.29, 1.82) is 0 Å². The van der Waals surface area contributed by atoms with E-state index in [4.69, 9.17) is 4.74 Å². The van der Waals surface area contributed by atoms with Crippen molar-refractivity contribution in [3.05, 3.63) is 73.3 Å². The molecule has 0 N–H and O–H groups in total. The number of ether oxygens (including phenoxy) is 1. The summed E-state index contributed by atoms with van der Waals surface area (Å²) in [4.78, 5) is 18.4. The van der Waals surface area contributed by atoms with Crippen LogP contribution in [-0.2, 0) is 0 Å². The fourth-order valence-electron chi connectivity index (χ4n) is 2.64. The molecule has 0 fully saturated rings. The van der Waals surface area contributed by atoms with Crippen LogP contribution in [0.2, 0.25) is 0 Å². The first kappa shape index (κ1) is 21.2. The molecule has 9 heteroatoms. The Labute approximate surface area is 198 Å². The molecule has 0 atom stereocenters. The predicted molar refractivity (Wildman–Crippen MR) is 131 cm³/mol. The number of carbonyl (C=O) groups is 1. The normalized spacial score (nSPS) is 11.3. The molecule has 0 spiro atoms. The third kappa shape index (κ3) is 4.80. The van der Waals surface area contributed by atoms with Crippen molar-refractivity contribution in [3.63, 3.8) is 0 Å². The van der Waals surface area contributed by atoms with Crippen molar-refractivity contribution in [2.45, 2.75) is 6.92 Å². The number of hydrogen-bond donors (Lipinski definition) is 0. The van der Waals surface area contributed by atoms with E-state index in [1.165, 1.54) is 27.7 Å². The van der Waals surface area contributed by atoms with E-state index >= 15 is 0 Å². The number of hydrogen-bond acceptors (Lipinski definition) is 6. The van der Waals surface area contributed by atoms with E-state index in [0.29, 0.717) is 16.6 Å². The molecular weight excluding hydrogens is 550 g/mol. The molecule has 30 heavy (non-hydrogen) atoms. The molecule has 152 valence electrons. The van der Waals surface area contributed by atoms with Gasteiger partial charge < -0.3 is 4.74 Å². The lowest BCUT2D eigenvalue weighted by Crippen LogP contribution is -2.24. The monoisotopic (exact) mass is 563 g/mol. The van der Waals surface area contributed by atoms with Gasteiger partial charge in [0.15, 0.2) is 0 Å². The van der Waals surface area contributed by atoms with Crippen LogP contribution in [0, 0.1) is 0 Å². The zero-order valence-electron chi connectivity index (χ0n) is 15.7. The number of carbonyl (C=O) groups excluding carboxylic acids is 1. The second-order valence-electron chi connectivity index (χ2n) is 6.08. The van der Waals surface area contributed by atoms with Gasteiger partial charge in [-0.15, -0.1) is 11.3 Å². The van der Waals surface area contributed by atoms with Crippen molar-refractivity contribution in [3.8, 4) is 5.75 Å². The van der Waals surface area contributed by atoms with Gasteiger partial charge in [0.25, 0.3) is 5.91 Å². The Morgan fingerprint density at radius 3 is 2.63 bits per heavy atom. The molecule has 2 aromatic carbocycles. The van der Waals surface area contributed by atoms with Crippen molar-refractivity contribution >= 4 is 82.0 Å². The SMILES string of the molecule is CCOc1ccc(/C=N/N(C(=O)c2ccc(Br)s2)c2nc3ccc(Br)cc3s2)cc1. The zero-order valence-corrected chi connectivity index (χ0v) is 20.5. The number of halogens is 2. The average Bonchev–Trinajstić information content (AvgIpc) is 3.35. The van der Waals surface area contributed by atoms with Gasteiger partial charge in [-0.25, -0.2) is 4.98 Å². The van der Waals surface area contributed by atoms with Gasteiger partial charge in [-0.05, 0) is 83.0 Å². The fraction of sp³-hybridized carbons (Fsp3) is 0.0952. The molecule has 1 amide bonds. The summed E-state index contributed by atoms with van der Waals surface area (Å²) in [6, 6.07) is 17.0. The number of amides is 1. The maximum absolute atomic E-state index is 13.2. The third-order valence-electron chi connectivity index (χ3n) is 4.01. The number of hydrazone groups is 1. The highest BCUT2D eigenvalue weighted by Crippen LogP contribution is 2.33. The quantitative estimate of drug-likeness (QED) is 0.188. The number of rotatable bonds is 6. The molecule has 2 aromatic heterocycles. The minimum atomic E-state index is -0.231. The Hall–Kier alpha value is -2.07. The number of anilines is 1. The molecule has 0 aliphatic heterocycles. The van der Waals surface area contributed by atoms with Gasteiger partial charge in [-0.1, -0.05) is 27.3 Å². The Morgan fingerprint density at radius 1 is 1.13 bits per heavy atom. The van der Waals surface area contributed by atoms with Gasteiger partial charge in [-0.3, -0.25) is 4.79 Å². The Kier molecular flexibility index (Phi) is 6.62. The van der Waals surface area contributed by atoms with Crippen LogP contribution in [0.4, 0.5) is 5.13 Å². The summed E-state index contributed by atoms with van der Waals surface area (Å²) in [6.07, 6.45) is 1.65. The smallest absolute Gasteiger partial charge is 0.290 e. The summed E-state index contributed by atoms with van der Waals surface area (Å²) in [6.45, 7) is 2.55. The lowest BCUT2D eigenvalue weighted by molar-refractivity contribution is 0.0991. The van der Waals surface area contributed by atoms with E-state index < -0.39 is 0 Å². The lowest BCUT2D eigenvalue weighted by atomic mass is 10.2. The molecule has 0 radical (unpaired) electrons. The van der Waals surface area contributed by atoms with Gasteiger partial charge in [0, 0.05) is 4.47 Å². The van der Waals surface area contributed by atoms with E-state index in [-0.39, 0.29) is 5.91 Å². The van der Waals surface area contributed by atoms with E-state index in [9.17, 15) is 4.79 Å². The highest BCUT2D eigenvalue weighted by Gasteiger charge is 2.22. The molecule has 2 heterocycles. The minimum absolute atomic E-state index is 0.231. The van der Waals surface area contributed by atoms with Gasteiger partial charge in [0.1, 0.15) is 5.75 Å². The zero-order chi connectivity index (χ0) is 21.1. The van der Waals surface area contributed by atoms with Crippen LogP contribution in [0.15, 0.2) is 68.0 Å². The van der Waals surface area contributed by atoms with Crippen molar-refractivity contribution < 1.29 is 9.53 Å². The highest BCUT2D eigenvalue weighted by molar-refractivity contribution is 9.11. The van der Waals surface area contributed by atoms with E-state index in [0.717, 1.165) is 29.8 Å². The second-order valence-corrected chi connectivity index (χ2v) is 10.5. The standard InChI is InChI=1S/C21H15Br2N3O2S2/c1-2-28-15-6-3-13(4-7-15)12-24-26(20(27)17-9-10-19(23)29-17)21-25-16-8-5-14(22)11-18(16)30-21/h3-12H,2H2,1H3/b24-12+. The second kappa shape index (κ2) is 9.38. The molecule has 5 nitrogen and oxygen atoms in total. The minimum Gasteiger partial charge on any atom is -0.494 e. The Morgan fingerprint density at radius 2 is 1.93 bits per heavy atom. The van der Waals surface area contributed by atoms with Crippen molar-refractivity contribution in [2.75, 3.05) is 11.6 Å². The molecule has 4 rings (SSSR count). The molecule has 0 saturated heterocycles. The van der Waals surface area contributed by atoms with Crippen molar-refractivity contribution in [2.24, 2.45) is 5.10 Å². The highest BCUT2D eigenvalue weighted by atomic mass is 79.9. The molecule has 0 unspecified atom stereocenters. The maximum atomic E-state index is 13.2. The predicted octanol–water partition coefficient (Wildman–Crippen LogP) is 6.96. The largest absolute Gasteiger partial charge is 0.494 e. The molecule has 0 bridgehead atoms. The summed E-state index contributed by atoms with van der Waals surface area (Å²) in [5.74, 6) is 0.564. The Bertz CT molecular complexity index is 1220. The Balaban J connectivity index is 1.69. The van der Waals surface area contributed by atoms with Crippen LogP contribution in [0.25, 0.3) is 10.2 Å². The van der Waals surface area contributed by atoms with Crippen LogP contribution >= 0.6 is 54.5 Å². The van der Waals surface area contributed by atoms with E-state index in [2.05, 4.69) is 41.9 Å². The van der Waals surface area contributed by atoms with Gasteiger partial charge >= 0.3 is 0 Å². The lowest BCUT2D eigenvalue weighted by Gasteiger charge is -2.12. The number of benzene rings is 2. The fourth-order valence-corrected chi connectivity index (χ4v) is 5.43. The first-order chi connectivity index (χ1) is 14.5. The number of thiazole rings is 1. The molecule has 0 aliphatic rings. The van der Waals surface area contributed by atoms with E-state index in [1.807, 2.05) is 55.5 Å². The van der Waals surface area contributed by atoms with Crippen LogP contribution in [0.5, 0.6) is 5.75 Å². The molecule has 0 saturated carbocycles. The number of nitrogens with zero attached hydrogens (tertiary/aromatic N) is 3. The number of thiophene rings is 1. The third-order valence-corrected chi connectivity index (χ3v) is 7.11. The first-order valence-electron chi connectivity index (χ1n) is 8.96. The number of fused-ring (bicyclic) bond motifs is 1. The van der Waals surface area contributed by atoms with Crippen LogP contribution in [0.3, 0.4) is 0 Å². The van der Waals surface area contributed by atoms with Crippen LogP contribution in [-0.4, -0.2) is 23.7 Å². The van der Waals surface area contributed by atoms with Crippen LogP contribution < -0.4 is 9.75 Å². The van der Waals surface area contributed by atoms with Crippen molar-refractivity contribution in [1.82, 2.24) is 4.98 Å². The first-order valence-corrected chi connectivity index (χ1v) is 12.2. The number of aromatic nitrogens is 1. The summed E-state index contributed by atoms with van der Waals surface area (Å²) in [5, 5.41) is 6.36. The van der Waals surface area contributed by atoms with E-state index in [1.54, 1.807) is 12.3 Å². The van der Waals surface area contributed by atoms with Gasteiger partial charge in [-0.2, -0.15) is 10.1 Å². The summed E-state index contributed by atoms with van der Waals surface area (Å²) < 4.78 is 8.29. The molecular formula is C21H15Br2N3O2S2. The average molecular weight is 565 g/mol. The molecule has 4 aromatic rings. The topological polar surface area (TPSA) is 54.8 Å². The van der Waals surface area contributed by atoms with Crippen LogP contribution in [0.1, 0.15) is 22.2 Å². The van der Waals surface area contributed by atoms with Gasteiger partial charge in [0.05, 0.1) is 31.7 Å². The molecule has 0 aliphatic carbocycles. The summed E-state index contributed by atoms with van der Waals surface area (Å²) >= 11 is 9.67. The van der Waals surface area contributed by atoms with Gasteiger partial charge in [0.2, 0.25) is 5.13 Å². The summed E-state index contributed by atoms with van der Waals surface area (Å²) in [7, 11) is 0. The maximum Gasteiger partial charge on any atom is 0.290 e.